The van der Waals surface area contributed by atoms with Crippen molar-refractivity contribution in [3.8, 4) is 0 Å². The molecule has 3 nitrogen and oxygen atoms in total. The zero-order valence-electron chi connectivity index (χ0n) is 7.03. The second-order valence-corrected chi connectivity index (χ2v) is 3.27. The van der Waals surface area contributed by atoms with Crippen molar-refractivity contribution in [2.45, 2.75) is 31.4 Å². The average molecular weight is 159 g/mol. The van der Waals surface area contributed by atoms with Crippen LogP contribution < -0.4 is 0 Å². The Morgan fingerprint density at radius 3 is 2.64 bits per heavy atom. The van der Waals surface area contributed by atoms with Gasteiger partial charge in [0.15, 0.2) is 0 Å². The van der Waals surface area contributed by atoms with Gasteiger partial charge in [0, 0.05) is 12.6 Å². The number of aliphatic hydroxyl groups excluding tert-OH is 2. The molecule has 0 bridgehead atoms. The van der Waals surface area contributed by atoms with Crippen molar-refractivity contribution in [2.75, 3.05) is 20.2 Å². The van der Waals surface area contributed by atoms with Crippen molar-refractivity contribution in [3.05, 3.63) is 0 Å². The molecule has 2 atom stereocenters. The molecule has 0 saturated heterocycles. The predicted octanol–water partition coefficient (Wildman–Crippen LogP) is -0.176. The number of hydrogen-bond acceptors (Lipinski definition) is 3. The Morgan fingerprint density at radius 1 is 1.45 bits per heavy atom. The summed E-state index contributed by atoms with van der Waals surface area (Å²) in [5.41, 5.74) is 0. The maximum atomic E-state index is 9.46. The standard InChI is InChI=1S/C8H17NO2/c1-9(5-6-10)7-3-2-4-8(7)11/h7-8,10-11H,2-6H2,1H3/t7-,8-/m0/s1. The first-order valence-corrected chi connectivity index (χ1v) is 4.25. The van der Waals surface area contributed by atoms with Crippen LogP contribution in [0.3, 0.4) is 0 Å². The van der Waals surface area contributed by atoms with Crippen molar-refractivity contribution in [1.29, 1.82) is 0 Å². The van der Waals surface area contributed by atoms with Gasteiger partial charge in [-0.1, -0.05) is 0 Å². The van der Waals surface area contributed by atoms with Crippen LogP contribution in [0.15, 0.2) is 0 Å². The van der Waals surface area contributed by atoms with E-state index in [4.69, 9.17) is 5.11 Å². The Labute approximate surface area is 67.6 Å². The van der Waals surface area contributed by atoms with Crippen molar-refractivity contribution in [3.63, 3.8) is 0 Å². The number of hydrogen-bond donors (Lipinski definition) is 2. The predicted molar refractivity (Wildman–Crippen MR) is 43.4 cm³/mol. The molecule has 1 aliphatic rings. The summed E-state index contributed by atoms with van der Waals surface area (Å²) in [5.74, 6) is 0. The van der Waals surface area contributed by atoms with Crippen LogP contribution in [0.4, 0.5) is 0 Å². The third kappa shape index (κ3) is 2.15. The molecule has 2 N–H and O–H groups in total. The molecule has 1 aliphatic carbocycles. The molecule has 66 valence electrons. The molecule has 1 rings (SSSR count). The van der Waals surface area contributed by atoms with Crippen molar-refractivity contribution in [2.24, 2.45) is 0 Å². The van der Waals surface area contributed by atoms with Gasteiger partial charge in [0.1, 0.15) is 0 Å². The summed E-state index contributed by atoms with van der Waals surface area (Å²) in [6.45, 7) is 0.849. The lowest BCUT2D eigenvalue weighted by Gasteiger charge is -2.25. The Hall–Kier alpha value is -0.120. The highest BCUT2D eigenvalue weighted by atomic mass is 16.3. The summed E-state index contributed by atoms with van der Waals surface area (Å²) in [5, 5.41) is 18.1. The Morgan fingerprint density at radius 2 is 2.18 bits per heavy atom. The fourth-order valence-electron chi connectivity index (χ4n) is 1.76. The molecule has 0 unspecified atom stereocenters. The molecule has 0 aliphatic heterocycles. The number of rotatable bonds is 3. The maximum Gasteiger partial charge on any atom is 0.0695 e. The molecule has 1 saturated carbocycles. The lowest BCUT2D eigenvalue weighted by atomic mass is 10.2. The van der Waals surface area contributed by atoms with Crippen molar-refractivity contribution in [1.82, 2.24) is 4.90 Å². The molecule has 0 spiro atoms. The topological polar surface area (TPSA) is 43.7 Å². The number of likely N-dealkylation sites (N-methyl/N-ethyl adjacent to an activating group) is 1. The van der Waals surface area contributed by atoms with Crippen LogP contribution in [-0.4, -0.2) is 47.5 Å². The molecule has 0 amide bonds. The molecule has 11 heavy (non-hydrogen) atoms. The van der Waals surface area contributed by atoms with Crippen molar-refractivity contribution < 1.29 is 10.2 Å². The molecule has 0 aromatic rings. The highest BCUT2D eigenvalue weighted by Gasteiger charge is 2.27. The van der Waals surface area contributed by atoms with E-state index in [9.17, 15) is 5.11 Å². The molecular formula is C8H17NO2. The number of aliphatic hydroxyl groups is 2. The van der Waals surface area contributed by atoms with Gasteiger partial charge >= 0.3 is 0 Å². The van der Waals surface area contributed by atoms with Crippen LogP contribution >= 0.6 is 0 Å². The molecule has 3 heteroatoms. The average Bonchev–Trinajstić information content (AvgIpc) is 2.36. The van der Waals surface area contributed by atoms with E-state index in [-0.39, 0.29) is 18.8 Å². The minimum absolute atomic E-state index is 0.174. The summed E-state index contributed by atoms with van der Waals surface area (Å²) in [7, 11) is 1.95. The van der Waals surface area contributed by atoms with E-state index in [1.54, 1.807) is 0 Å². The monoisotopic (exact) mass is 159 g/mol. The van der Waals surface area contributed by atoms with E-state index in [0.29, 0.717) is 6.54 Å². The first-order chi connectivity index (χ1) is 5.25. The van der Waals surface area contributed by atoms with Crippen molar-refractivity contribution >= 4 is 0 Å². The Balaban J connectivity index is 2.33. The first kappa shape index (κ1) is 8.97. The summed E-state index contributed by atoms with van der Waals surface area (Å²) < 4.78 is 0. The van der Waals surface area contributed by atoms with Crippen LogP contribution in [0.5, 0.6) is 0 Å². The van der Waals surface area contributed by atoms with Crippen LogP contribution in [-0.2, 0) is 0 Å². The summed E-state index contributed by atoms with van der Waals surface area (Å²) in [6.07, 6.45) is 2.92. The third-order valence-electron chi connectivity index (χ3n) is 2.46. The highest BCUT2D eigenvalue weighted by molar-refractivity contribution is 4.83. The second-order valence-electron chi connectivity index (χ2n) is 3.27. The van der Waals surface area contributed by atoms with E-state index < -0.39 is 0 Å². The van der Waals surface area contributed by atoms with E-state index in [2.05, 4.69) is 0 Å². The van der Waals surface area contributed by atoms with Gasteiger partial charge in [-0.3, -0.25) is 4.90 Å². The third-order valence-corrected chi connectivity index (χ3v) is 2.46. The summed E-state index contributed by atoms with van der Waals surface area (Å²) in [6, 6.07) is 0.280. The minimum atomic E-state index is -0.174. The van der Waals surface area contributed by atoms with Gasteiger partial charge in [0.2, 0.25) is 0 Å². The molecule has 0 radical (unpaired) electrons. The minimum Gasteiger partial charge on any atom is -0.395 e. The van der Waals surface area contributed by atoms with Crippen LogP contribution in [0.2, 0.25) is 0 Å². The maximum absolute atomic E-state index is 9.46. The normalized spacial score (nSPS) is 31.6. The van der Waals surface area contributed by atoms with Gasteiger partial charge < -0.3 is 10.2 Å². The smallest absolute Gasteiger partial charge is 0.0695 e. The van der Waals surface area contributed by atoms with Gasteiger partial charge in [-0.2, -0.15) is 0 Å². The van der Waals surface area contributed by atoms with Gasteiger partial charge in [-0.25, -0.2) is 0 Å². The molecule has 0 aromatic heterocycles. The van der Waals surface area contributed by atoms with E-state index in [0.717, 1.165) is 19.3 Å². The number of nitrogens with zero attached hydrogens (tertiary/aromatic N) is 1. The summed E-state index contributed by atoms with van der Waals surface area (Å²) >= 11 is 0. The first-order valence-electron chi connectivity index (χ1n) is 4.25. The molecule has 1 fully saturated rings. The lowest BCUT2D eigenvalue weighted by molar-refractivity contribution is 0.0757. The zero-order chi connectivity index (χ0) is 8.27. The van der Waals surface area contributed by atoms with E-state index >= 15 is 0 Å². The lowest BCUT2D eigenvalue weighted by Crippen LogP contribution is -2.39. The molecule has 0 heterocycles. The fourth-order valence-corrected chi connectivity index (χ4v) is 1.76. The zero-order valence-corrected chi connectivity index (χ0v) is 7.03. The van der Waals surface area contributed by atoms with Crippen LogP contribution in [0, 0.1) is 0 Å². The van der Waals surface area contributed by atoms with Gasteiger partial charge in [0.05, 0.1) is 12.7 Å². The quantitative estimate of drug-likeness (QED) is 0.600. The SMILES string of the molecule is CN(CCO)[C@H]1CCC[C@@H]1O. The fraction of sp³-hybridized carbons (Fsp3) is 1.00. The van der Waals surface area contributed by atoms with E-state index in [1.165, 1.54) is 0 Å². The van der Waals surface area contributed by atoms with Crippen LogP contribution in [0.25, 0.3) is 0 Å². The van der Waals surface area contributed by atoms with E-state index in [1.807, 2.05) is 11.9 Å². The summed E-state index contributed by atoms with van der Waals surface area (Å²) in [4.78, 5) is 2.04. The van der Waals surface area contributed by atoms with Gasteiger partial charge in [-0.15, -0.1) is 0 Å². The van der Waals surface area contributed by atoms with Gasteiger partial charge in [-0.05, 0) is 26.3 Å². The molecule has 0 aromatic carbocycles. The molecular weight excluding hydrogens is 142 g/mol. The Kier molecular flexibility index (Phi) is 3.30. The van der Waals surface area contributed by atoms with Crippen LogP contribution in [0.1, 0.15) is 19.3 Å². The largest absolute Gasteiger partial charge is 0.395 e. The van der Waals surface area contributed by atoms with Gasteiger partial charge in [0.25, 0.3) is 0 Å². The second kappa shape index (κ2) is 4.04. The Bertz CT molecular complexity index is 119. The highest BCUT2D eigenvalue weighted by Crippen LogP contribution is 2.22.